The van der Waals surface area contributed by atoms with Crippen molar-refractivity contribution in [3.05, 3.63) is 59.8 Å². The topological polar surface area (TPSA) is 64.3 Å². The highest BCUT2D eigenvalue weighted by atomic mass is 19.1. The van der Waals surface area contributed by atoms with E-state index in [1.165, 1.54) is 12.1 Å². The zero-order valence-corrected chi connectivity index (χ0v) is 15.1. The highest BCUT2D eigenvalue weighted by Crippen LogP contribution is 2.24. The van der Waals surface area contributed by atoms with Gasteiger partial charge in [0.1, 0.15) is 11.6 Å². The van der Waals surface area contributed by atoms with Crippen molar-refractivity contribution in [1.29, 1.82) is 0 Å². The quantitative estimate of drug-likeness (QED) is 0.665. The van der Waals surface area contributed by atoms with E-state index in [1.54, 1.807) is 25.4 Å². The molecule has 0 bridgehead atoms. The van der Waals surface area contributed by atoms with Crippen molar-refractivity contribution < 1.29 is 13.7 Å². The Morgan fingerprint density at radius 3 is 2.81 bits per heavy atom. The highest BCUT2D eigenvalue weighted by Gasteiger charge is 2.23. The zero-order chi connectivity index (χ0) is 18.6. The van der Waals surface area contributed by atoms with Crippen LogP contribution in [0, 0.1) is 11.7 Å². The first-order chi connectivity index (χ1) is 13.2. The first-order valence-electron chi connectivity index (χ1n) is 8.98. The molecule has 0 unspecified atom stereocenters. The fourth-order valence-electron chi connectivity index (χ4n) is 3.34. The van der Waals surface area contributed by atoms with Crippen molar-refractivity contribution >= 4 is 5.82 Å². The van der Waals surface area contributed by atoms with Gasteiger partial charge in [0, 0.05) is 38.7 Å². The summed E-state index contributed by atoms with van der Waals surface area (Å²) in [4.78, 5) is 11.2. The van der Waals surface area contributed by atoms with Crippen LogP contribution in [0.1, 0.15) is 17.8 Å². The number of aromatic nitrogens is 3. The van der Waals surface area contributed by atoms with E-state index in [1.807, 2.05) is 12.1 Å². The molecule has 4 rings (SSSR count). The third-order valence-corrected chi connectivity index (χ3v) is 4.75. The largest absolute Gasteiger partial charge is 0.384 e. The molecule has 0 amide bonds. The van der Waals surface area contributed by atoms with Crippen LogP contribution in [0.15, 0.2) is 47.1 Å². The van der Waals surface area contributed by atoms with Crippen molar-refractivity contribution in [3.8, 4) is 11.5 Å². The SMILES string of the molecule is COC[C@@H]1CCN(c2ccc(-c3nc(Cc4ccc(F)cc4)no3)cn2)C1. The molecule has 1 aliphatic heterocycles. The van der Waals surface area contributed by atoms with E-state index >= 15 is 0 Å². The maximum absolute atomic E-state index is 13.0. The van der Waals surface area contributed by atoms with E-state index in [4.69, 9.17) is 9.26 Å². The summed E-state index contributed by atoms with van der Waals surface area (Å²) in [6.45, 7) is 2.73. The van der Waals surface area contributed by atoms with Gasteiger partial charge in [-0.1, -0.05) is 17.3 Å². The van der Waals surface area contributed by atoms with Gasteiger partial charge in [-0.3, -0.25) is 0 Å². The van der Waals surface area contributed by atoms with Crippen molar-refractivity contribution in [3.63, 3.8) is 0 Å². The van der Waals surface area contributed by atoms with Crippen LogP contribution in [-0.4, -0.2) is 41.9 Å². The van der Waals surface area contributed by atoms with E-state index < -0.39 is 0 Å². The van der Waals surface area contributed by atoms with Gasteiger partial charge in [0.25, 0.3) is 5.89 Å². The number of ether oxygens (including phenoxy) is 1. The molecular formula is C20H21FN4O2. The molecule has 1 aromatic carbocycles. The number of hydrogen-bond donors (Lipinski definition) is 0. The predicted octanol–water partition coefficient (Wildman–Crippen LogP) is 3.33. The van der Waals surface area contributed by atoms with Gasteiger partial charge >= 0.3 is 0 Å². The Hall–Kier alpha value is -2.80. The van der Waals surface area contributed by atoms with Crippen LogP contribution in [0.4, 0.5) is 10.2 Å². The maximum Gasteiger partial charge on any atom is 0.259 e. The Bertz CT molecular complexity index is 880. The fourth-order valence-corrected chi connectivity index (χ4v) is 3.34. The second kappa shape index (κ2) is 7.84. The lowest BCUT2D eigenvalue weighted by Gasteiger charge is -2.17. The standard InChI is InChI=1S/C20H21FN4O2/c1-26-13-15-8-9-25(12-15)19-7-4-16(11-22-19)20-23-18(24-27-20)10-14-2-5-17(21)6-3-14/h2-7,11,15H,8-10,12-13H2,1H3/t15-/m1/s1. The van der Waals surface area contributed by atoms with Crippen LogP contribution < -0.4 is 4.90 Å². The lowest BCUT2D eigenvalue weighted by Crippen LogP contribution is -2.21. The summed E-state index contributed by atoms with van der Waals surface area (Å²) < 4.78 is 23.6. The minimum absolute atomic E-state index is 0.259. The molecule has 3 heterocycles. The van der Waals surface area contributed by atoms with Crippen LogP contribution in [0.25, 0.3) is 11.5 Å². The van der Waals surface area contributed by atoms with Crippen molar-refractivity contribution in [2.75, 3.05) is 31.7 Å². The molecule has 0 aliphatic carbocycles. The van der Waals surface area contributed by atoms with Crippen LogP contribution in [0.3, 0.4) is 0 Å². The number of hydrogen-bond acceptors (Lipinski definition) is 6. The number of rotatable bonds is 6. The summed E-state index contributed by atoms with van der Waals surface area (Å²) in [7, 11) is 1.74. The minimum Gasteiger partial charge on any atom is -0.384 e. The number of halogens is 1. The van der Waals surface area contributed by atoms with Crippen LogP contribution in [0.5, 0.6) is 0 Å². The summed E-state index contributed by atoms with van der Waals surface area (Å²) >= 11 is 0. The lowest BCUT2D eigenvalue weighted by atomic mass is 10.1. The summed E-state index contributed by atoms with van der Waals surface area (Å²) in [6, 6.07) is 10.2. The van der Waals surface area contributed by atoms with E-state index in [0.29, 0.717) is 24.1 Å². The Morgan fingerprint density at radius 2 is 2.07 bits per heavy atom. The molecule has 0 N–H and O–H groups in total. The summed E-state index contributed by atoms with van der Waals surface area (Å²) in [5, 5.41) is 4.01. The summed E-state index contributed by atoms with van der Waals surface area (Å²) in [6.07, 6.45) is 3.37. The predicted molar refractivity (Wildman–Crippen MR) is 98.9 cm³/mol. The molecule has 0 saturated carbocycles. The van der Waals surface area contributed by atoms with E-state index in [0.717, 1.165) is 43.1 Å². The molecular weight excluding hydrogens is 347 g/mol. The Labute approximate surface area is 157 Å². The fraction of sp³-hybridized carbons (Fsp3) is 0.350. The number of pyridine rings is 1. The van der Waals surface area contributed by atoms with Crippen molar-refractivity contribution in [1.82, 2.24) is 15.1 Å². The molecule has 2 aromatic heterocycles. The Morgan fingerprint density at radius 1 is 1.22 bits per heavy atom. The average Bonchev–Trinajstić information content (AvgIpc) is 3.34. The van der Waals surface area contributed by atoms with Crippen LogP contribution >= 0.6 is 0 Å². The first kappa shape index (κ1) is 17.6. The molecule has 1 fully saturated rings. The van der Waals surface area contributed by atoms with E-state index in [-0.39, 0.29) is 5.82 Å². The molecule has 7 heteroatoms. The van der Waals surface area contributed by atoms with Gasteiger partial charge in [-0.15, -0.1) is 0 Å². The molecule has 1 atom stereocenters. The molecule has 0 spiro atoms. The van der Waals surface area contributed by atoms with Gasteiger partial charge in [-0.25, -0.2) is 9.37 Å². The van der Waals surface area contributed by atoms with Gasteiger partial charge < -0.3 is 14.2 Å². The summed E-state index contributed by atoms with van der Waals surface area (Å²) in [5.74, 6) is 2.24. The molecule has 27 heavy (non-hydrogen) atoms. The van der Waals surface area contributed by atoms with E-state index in [2.05, 4.69) is 20.0 Å². The second-order valence-electron chi connectivity index (χ2n) is 6.78. The van der Waals surface area contributed by atoms with Crippen LogP contribution in [-0.2, 0) is 11.2 Å². The maximum atomic E-state index is 13.0. The highest BCUT2D eigenvalue weighted by molar-refractivity contribution is 5.55. The number of anilines is 1. The summed E-state index contributed by atoms with van der Waals surface area (Å²) in [5.41, 5.74) is 1.71. The van der Waals surface area contributed by atoms with E-state index in [9.17, 15) is 4.39 Å². The molecule has 1 saturated heterocycles. The lowest BCUT2D eigenvalue weighted by molar-refractivity contribution is 0.161. The van der Waals surface area contributed by atoms with Crippen LogP contribution in [0.2, 0.25) is 0 Å². The molecule has 0 radical (unpaired) electrons. The molecule has 140 valence electrons. The Balaban J connectivity index is 1.42. The second-order valence-corrected chi connectivity index (χ2v) is 6.78. The number of benzene rings is 1. The first-order valence-corrected chi connectivity index (χ1v) is 8.98. The Kier molecular flexibility index (Phi) is 5.11. The molecule has 3 aromatic rings. The monoisotopic (exact) mass is 368 g/mol. The molecule has 1 aliphatic rings. The smallest absolute Gasteiger partial charge is 0.259 e. The van der Waals surface area contributed by atoms with Gasteiger partial charge in [0.05, 0.1) is 12.2 Å². The minimum atomic E-state index is -0.259. The number of methoxy groups -OCH3 is 1. The third-order valence-electron chi connectivity index (χ3n) is 4.75. The normalized spacial score (nSPS) is 16.8. The third kappa shape index (κ3) is 4.14. The molecule has 6 nitrogen and oxygen atoms in total. The van der Waals surface area contributed by atoms with Gasteiger partial charge in [0.15, 0.2) is 5.82 Å². The van der Waals surface area contributed by atoms with Crippen molar-refractivity contribution in [2.45, 2.75) is 12.8 Å². The van der Waals surface area contributed by atoms with Gasteiger partial charge in [-0.2, -0.15) is 4.98 Å². The van der Waals surface area contributed by atoms with Gasteiger partial charge in [0.2, 0.25) is 0 Å². The van der Waals surface area contributed by atoms with Gasteiger partial charge in [-0.05, 0) is 36.2 Å². The zero-order valence-electron chi connectivity index (χ0n) is 15.1. The van der Waals surface area contributed by atoms with Crippen molar-refractivity contribution in [2.24, 2.45) is 5.92 Å². The number of nitrogens with zero attached hydrogens (tertiary/aromatic N) is 4. The average molecular weight is 368 g/mol.